The molecule has 1 saturated heterocycles. The average Bonchev–Trinajstić information content (AvgIpc) is 3.42. The Morgan fingerprint density at radius 2 is 1.93 bits per heavy atom. The summed E-state index contributed by atoms with van der Waals surface area (Å²) in [5.74, 6) is 0.847. The second-order valence-corrected chi connectivity index (χ2v) is 8.51. The Balaban J connectivity index is 1.27. The van der Waals surface area contributed by atoms with Gasteiger partial charge in [0.05, 0.1) is 17.3 Å². The van der Waals surface area contributed by atoms with Gasteiger partial charge in [-0.25, -0.2) is 18.8 Å². The quantitative estimate of drug-likeness (QED) is 0.757. The lowest BCUT2D eigenvalue weighted by Gasteiger charge is -2.32. The highest BCUT2D eigenvalue weighted by Gasteiger charge is 2.55. The smallest absolute Gasteiger partial charge is 0.176 e. The summed E-state index contributed by atoms with van der Waals surface area (Å²) in [6, 6.07) is 3.41. The van der Waals surface area contributed by atoms with Gasteiger partial charge in [0.2, 0.25) is 0 Å². The Kier molecular flexibility index (Phi) is 4.29. The molecule has 0 atom stereocenters. The summed E-state index contributed by atoms with van der Waals surface area (Å²) in [4.78, 5) is 16.6. The van der Waals surface area contributed by atoms with Crippen molar-refractivity contribution >= 4 is 17.3 Å². The number of aliphatic imine (C=N–C) groups is 1. The van der Waals surface area contributed by atoms with Gasteiger partial charge in [-0.2, -0.15) is 0 Å². The molecule has 152 valence electrons. The molecular formula is C22H24F2N4O. The first-order chi connectivity index (χ1) is 14.0. The van der Waals surface area contributed by atoms with Crippen molar-refractivity contribution in [2.75, 3.05) is 18.0 Å². The largest absolute Gasteiger partial charge is 0.487 e. The molecule has 0 unspecified atom stereocenters. The van der Waals surface area contributed by atoms with Crippen LogP contribution in [0, 0.1) is 17.6 Å². The third kappa shape index (κ3) is 3.16. The Hall–Kier alpha value is -2.57. The molecule has 2 aliphatic heterocycles. The van der Waals surface area contributed by atoms with Gasteiger partial charge in [0.15, 0.2) is 17.4 Å². The highest BCUT2D eigenvalue weighted by Crippen LogP contribution is 2.56. The molecule has 1 aromatic heterocycles. The summed E-state index contributed by atoms with van der Waals surface area (Å²) in [6.45, 7) is 5.85. The number of ether oxygens (including phenoxy) is 1. The van der Waals surface area contributed by atoms with Gasteiger partial charge < -0.3 is 9.64 Å². The molecule has 5 rings (SSSR count). The van der Waals surface area contributed by atoms with Crippen LogP contribution in [0.25, 0.3) is 0 Å². The molecule has 1 saturated carbocycles. The predicted molar refractivity (Wildman–Crippen MR) is 107 cm³/mol. The van der Waals surface area contributed by atoms with Gasteiger partial charge in [-0.15, -0.1) is 0 Å². The fourth-order valence-corrected chi connectivity index (χ4v) is 4.53. The van der Waals surface area contributed by atoms with Gasteiger partial charge in [-0.3, -0.25) is 4.98 Å². The van der Waals surface area contributed by atoms with E-state index in [1.807, 2.05) is 6.20 Å². The number of benzene rings is 1. The van der Waals surface area contributed by atoms with Crippen molar-refractivity contribution < 1.29 is 13.5 Å². The molecule has 0 amide bonds. The summed E-state index contributed by atoms with van der Waals surface area (Å²) < 4.78 is 32.6. The standard InChI is InChI=1S/C22H24F2N4O/c1-13(2)19-22(7-8-22)20-21(27-19)26-18(12-25-20)28-9-5-15(6-10-28)29-17-4-3-14(23)11-16(17)24/h3-4,11-13,15H,5-10H2,1-2H3. The zero-order valence-electron chi connectivity index (χ0n) is 16.7. The van der Waals surface area contributed by atoms with E-state index >= 15 is 0 Å². The Bertz CT molecular complexity index is 979. The first-order valence-electron chi connectivity index (χ1n) is 10.3. The molecule has 2 fully saturated rings. The number of halogens is 2. The molecule has 5 nitrogen and oxygen atoms in total. The second-order valence-electron chi connectivity index (χ2n) is 8.51. The van der Waals surface area contributed by atoms with Crippen molar-refractivity contribution in [2.24, 2.45) is 10.9 Å². The molecule has 1 spiro atoms. The molecule has 0 N–H and O–H groups in total. The fraction of sp³-hybridized carbons (Fsp3) is 0.500. The van der Waals surface area contributed by atoms with E-state index in [0.29, 0.717) is 5.92 Å². The van der Waals surface area contributed by atoms with Crippen molar-refractivity contribution in [3.8, 4) is 5.75 Å². The van der Waals surface area contributed by atoms with Crippen molar-refractivity contribution in [1.82, 2.24) is 9.97 Å². The van der Waals surface area contributed by atoms with E-state index in [9.17, 15) is 8.78 Å². The van der Waals surface area contributed by atoms with Crippen LogP contribution in [0.1, 0.15) is 45.2 Å². The Labute approximate surface area is 168 Å². The monoisotopic (exact) mass is 398 g/mol. The third-order valence-electron chi connectivity index (χ3n) is 6.16. The van der Waals surface area contributed by atoms with Crippen LogP contribution in [-0.4, -0.2) is 34.9 Å². The van der Waals surface area contributed by atoms with E-state index in [0.717, 1.165) is 62.2 Å². The lowest BCUT2D eigenvalue weighted by molar-refractivity contribution is 0.163. The summed E-state index contributed by atoms with van der Waals surface area (Å²) in [6.07, 6.45) is 5.47. The summed E-state index contributed by atoms with van der Waals surface area (Å²) in [5, 5.41) is 0. The number of anilines is 1. The van der Waals surface area contributed by atoms with Crippen LogP contribution in [0.4, 0.5) is 20.4 Å². The maximum Gasteiger partial charge on any atom is 0.176 e. The van der Waals surface area contributed by atoms with Gasteiger partial charge >= 0.3 is 0 Å². The Morgan fingerprint density at radius 1 is 1.17 bits per heavy atom. The van der Waals surface area contributed by atoms with Crippen LogP contribution in [0.15, 0.2) is 29.4 Å². The molecule has 3 aliphatic rings. The van der Waals surface area contributed by atoms with Crippen molar-refractivity contribution in [2.45, 2.75) is 51.0 Å². The van der Waals surface area contributed by atoms with Gasteiger partial charge in [0, 0.05) is 37.7 Å². The minimum atomic E-state index is -0.662. The van der Waals surface area contributed by atoms with Gasteiger partial charge in [-0.1, -0.05) is 13.8 Å². The number of hydrogen-bond donors (Lipinski definition) is 0. The van der Waals surface area contributed by atoms with Gasteiger partial charge in [0.25, 0.3) is 0 Å². The van der Waals surface area contributed by atoms with E-state index in [-0.39, 0.29) is 17.3 Å². The molecule has 29 heavy (non-hydrogen) atoms. The van der Waals surface area contributed by atoms with E-state index in [2.05, 4.69) is 18.7 Å². The highest BCUT2D eigenvalue weighted by atomic mass is 19.1. The zero-order chi connectivity index (χ0) is 20.2. The molecule has 1 aliphatic carbocycles. The highest BCUT2D eigenvalue weighted by molar-refractivity contribution is 6.04. The van der Waals surface area contributed by atoms with Gasteiger partial charge in [-0.05, 0) is 30.9 Å². The summed E-state index contributed by atoms with van der Waals surface area (Å²) in [5.41, 5.74) is 2.31. The molecular weight excluding hydrogens is 374 g/mol. The first-order valence-corrected chi connectivity index (χ1v) is 10.3. The lowest BCUT2D eigenvalue weighted by atomic mass is 9.90. The normalized spacial score (nSPS) is 20.2. The zero-order valence-corrected chi connectivity index (χ0v) is 16.7. The van der Waals surface area contributed by atoms with E-state index in [4.69, 9.17) is 19.7 Å². The maximum atomic E-state index is 13.8. The van der Waals surface area contributed by atoms with Crippen molar-refractivity contribution in [3.05, 3.63) is 41.7 Å². The minimum absolute atomic E-state index is 0.0507. The molecule has 0 radical (unpaired) electrons. The second kappa shape index (κ2) is 6.75. The number of nitrogens with zero attached hydrogens (tertiary/aromatic N) is 4. The molecule has 2 aromatic rings. The van der Waals surface area contributed by atoms with E-state index in [1.165, 1.54) is 17.8 Å². The Morgan fingerprint density at radius 3 is 2.59 bits per heavy atom. The summed E-state index contributed by atoms with van der Waals surface area (Å²) >= 11 is 0. The van der Waals surface area contributed by atoms with Crippen LogP contribution in [-0.2, 0) is 5.41 Å². The minimum Gasteiger partial charge on any atom is -0.487 e. The van der Waals surface area contributed by atoms with Crippen molar-refractivity contribution in [1.29, 1.82) is 0 Å². The van der Waals surface area contributed by atoms with Crippen LogP contribution in [0.2, 0.25) is 0 Å². The maximum absolute atomic E-state index is 13.8. The van der Waals surface area contributed by atoms with E-state index in [1.54, 1.807) is 0 Å². The van der Waals surface area contributed by atoms with Crippen LogP contribution >= 0.6 is 0 Å². The predicted octanol–water partition coefficient (Wildman–Crippen LogP) is 4.58. The number of aromatic nitrogens is 2. The number of piperidine rings is 1. The van der Waals surface area contributed by atoms with Crippen LogP contribution < -0.4 is 9.64 Å². The lowest BCUT2D eigenvalue weighted by Crippen LogP contribution is -2.38. The van der Waals surface area contributed by atoms with Crippen LogP contribution in [0.3, 0.4) is 0 Å². The number of hydrogen-bond acceptors (Lipinski definition) is 5. The molecule has 1 aromatic carbocycles. The average molecular weight is 398 g/mol. The topological polar surface area (TPSA) is 50.6 Å². The third-order valence-corrected chi connectivity index (χ3v) is 6.16. The fourth-order valence-electron chi connectivity index (χ4n) is 4.53. The van der Waals surface area contributed by atoms with Crippen LogP contribution in [0.5, 0.6) is 5.75 Å². The van der Waals surface area contributed by atoms with Gasteiger partial charge in [0.1, 0.15) is 17.7 Å². The van der Waals surface area contributed by atoms with Crippen molar-refractivity contribution in [3.63, 3.8) is 0 Å². The number of fused-ring (bicyclic) bond motifs is 2. The first kappa shape index (κ1) is 18.5. The SMILES string of the molecule is CC(C)C1=Nc2nc(N3CCC(Oc4ccc(F)cc4F)CC3)cnc2C12CC2. The van der Waals surface area contributed by atoms with E-state index < -0.39 is 11.6 Å². The molecule has 0 bridgehead atoms. The molecule has 7 heteroatoms. The molecule has 3 heterocycles. The summed E-state index contributed by atoms with van der Waals surface area (Å²) in [7, 11) is 0. The number of rotatable bonds is 4.